The summed E-state index contributed by atoms with van der Waals surface area (Å²) in [5.74, 6) is 0. The number of hydrogen-bond donors (Lipinski definition) is 0. The van der Waals surface area contributed by atoms with E-state index in [9.17, 15) is 0 Å². The summed E-state index contributed by atoms with van der Waals surface area (Å²) in [6.07, 6.45) is 1.75. The van der Waals surface area contributed by atoms with Gasteiger partial charge in [-0.3, -0.25) is 0 Å². The minimum absolute atomic E-state index is 0.786. The Morgan fingerprint density at radius 1 is 1.00 bits per heavy atom. The van der Waals surface area contributed by atoms with Crippen LogP contribution in [0.5, 0.6) is 0 Å². The van der Waals surface area contributed by atoms with Gasteiger partial charge < -0.3 is 8.85 Å². The molecular weight excluding hydrogens is 192 g/mol. The summed E-state index contributed by atoms with van der Waals surface area (Å²) in [7, 11) is -1.74. The second-order valence-electron chi connectivity index (χ2n) is 2.89. The van der Waals surface area contributed by atoms with Gasteiger partial charge in [0.2, 0.25) is 0 Å². The molecule has 0 aliphatic heterocycles. The fourth-order valence-electron chi connectivity index (χ4n) is 1.23. The minimum Gasteiger partial charge on any atom is -0.395 e. The Bertz CT molecular complexity index is 114. The molecule has 0 amide bonds. The summed E-state index contributed by atoms with van der Waals surface area (Å²) in [6.45, 7) is 15.2. The van der Waals surface area contributed by atoms with Crippen LogP contribution in [0.2, 0.25) is 12.1 Å². The standard InChI is InChI=1S/C8H20O2Si.C3H6/c1-5-9-11(7-3,8-4)10-6-2;1-3-2/h5-8H2,1-4H3;3H,1H2,2H3. The molecule has 0 saturated carbocycles. The summed E-state index contributed by atoms with van der Waals surface area (Å²) in [4.78, 5) is 0. The largest absolute Gasteiger partial charge is 0.395 e. The van der Waals surface area contributed by atoms with Crippen LogP contribution in [-0.2, 0) is 8.85 Å². The highest BCUT2D eigenvalue weighted by Crippen LogP contribution is 2.17. The van der Waals surface area contributed by atoms with Crippen molar-refractivity contribution in [2.45, 2.75) is 46.7 Å². The lowest BCUT2D eigenvalue weighted by atomic mass is 10.8. The third-order valence-corrected chi connectivity index (χ3v) is 5.68. The van der Waals surface area contributed by atoms with Crippen LogP contribution < -0.4 is 0 Å². The third-order valence-electron chi connectivity index (χ3n) is 1.89. The fraction of sp³-hybridized carbons (Fsp3) is 0.818. The zero-order valence-corrected chi connectivity index (χ0v) is 11.4. The Labute approximate surface area is 90.6 Å². The highest BCUT2D eigenvalue weighted by molar-refractivity contribution is 6.67. The van der Waals surface area contributed by atoms with Gasteiger partial charge in [-0.1, -0.05) is 19.9 Å². The predicted molar refractivity (Wildman–Crippen MR) is 65.8 cm³/mol. The maximum atomic E-state index is 5.68. The van der Waals surface area contributed by atoms with Crippen LogP contribution in [0.15, 0.2) is 12.7 Å². The Kier molecular flexibility index (Phi) is 12.8. The molecule has 0 saturated heterocycles. The average molecular weight is 218 g/mol. The van der Waals surface area contributed by atoms with Crippen molar-refractivity contribution >= 4 is 8.56 Å². The molecule has 0 aromatic carbocycles. The van der Waals surface area contributed by atoms with E-state index >= 15 is 0 Å². The molecule has 0 bridgehead atoms. The lowest BCUT2D eigenvalue weighted by molar-refractivity contribution is 0.185. The van der Waals surface area contributed by atoms with Crippen molar-refractivity contribution in [3.8, 4) is 0 Å². The van der Waals surface area contributed by atoms with Crippen molar-refractivity contribution in [1.82, 2.24) is 0 Å². The smallest absolute Gasteiger partial charge is 0.337 e. The van der Waals surface area contributed by atoms with Gasteiger partial charge in [-0.05, 0) is 32.9 Å². The first-order valence-corrected chi connectivity index (χ1v) is 7.74. The van der Waals surface area contributed by atoms with E-state index in [1.54, 1.807) is 6.08 Å². The van der Waals surface area contributed by atoms with E-state index in [1.807, 2.05) is 20.8 Å². The first-order chi connectivity index (χ1) is 6.66. The molecule has 0 aromatic heterocycles. The second kappa shape index (κ2) is 11.0. The number of hydrogen-bond acceptors (Lipinski definition) is 2. The van der Waals surface area contributed by atoms with E-state index in [2.05, 4.69) is 20.4 Å². The van der Waals surface area contributed by atoms with Gasteiger partial charge in [-0.25, -0.2) is 0 Å². The van der Waals surface area contributed by atoms with Crippen molar-refractivity contribution in [3.63, 3.8) is 0 Å². The van der Waals surface area contributed by atoms with Crippen molar-refractivity contribution in [2.24, 2.45) is 0 Å². The van der Waals surface area contributed by atoms with Gasteiger partial charge in [0.05, 0.1) is 0 Å². The lowest BCUT2D eigenvalue weighted by Gasteiger charge is -2.27. The highest BCUT2D eigenvalue weighted by Gasteiger charge is 2.32. The highest BCUT2D eigenvalue weighted by atomic mass is 28.4. The number of allylic oxidation sites excluding steroid dienone is 1. The van der Waals surface area contributed by atoms with E-state index < -0.39 is 8.56 Å². The summed E-state index contributed by atoms with van der Waals surface area (Å²) in [5.41, 5.74) is 0. The first-order valence-electron chi connectivity index (χ1n) is 5.51. The van der Waals surface area contributed by atoms with Gasteiger partial charge in [0.1, 0.15) is 0 Å². The van der Waals surface area contributed by atoms with Crippen LogP contribution in [0.1, 0.15) is 34.6 Å². The molecule has 14 heavy (non-hydrogen) atoms. The van der Waals surface area contributed by atoms with E-state index in [-0.39, 0.29) is 0 Å². The minimum atomic E-state index is -1.74. The van der Waals surface area contributed by atoms with Crippen LogP contribution in [0, 0.1) is 0 Å². The molecule has 0 radical (unpaired) electrons. The third kappa shape index (κ3) is 7.30. The Morgan fingerprint density at radius 2 is 1.29 bits per heavy atom. The maximum absolute atomic E-state index is 5.68. The molecule has 0 N–H and O–H groups in total. The topological polar surface area (TPSA) is 18.5 Å². The normalized spacial score (nSPS) is 10.4. The van der Waals surface area contributed by atoms with Crippen LogP contribution in [0.3, 0.4) is 0 Å². The summed E-state index contributed by atoms with van der Waals surface area (Å²) in [5, 5.41) is 0. The molecule has 0 aliphatic carbocycles. The van der Waals surface area contributed by atoms with Gasteiger partial charge in [0.25, 0.3) is 0 Å². The average Bonchev–Trinajstić information content (AvgIpc) is 2.19. The Morgan fingerprint density at radius 3 is 1.43 bits per heavy atom. The van der Waals surface area contributed by atoms with Gasteiger partial charge in [-0.15, -0.1) is 6.58 Å². The van der Waals surface area contributed by atoms with Crippen LogP contribution >= 0.6 is 0 Å². The van der Waals surface area contributed by atoms with E-state index in [0.717, 1.165) is 25.3 Å². The second-order valence-corrected chi connectivity index (χ2v) is 6.70. The van der Waals surface area contributed by atoms with Crippen molar-refractivity contribution in [1.29, 1.82) is 0 Å². The molecule has 0 heterocycles. The molecule has 2 nitrogen and oxygen atoms in total. The van der Waals surface area contributed by atoms with E-state index in [0.29, 0.717) is 0 Å². The molecule has 0 aromatic rings. The molecular formula is C11H26O2Si. The van der Waals surface area contributed by atoms with Gasteiger partial charge >= 0.3 is 8.56 Å². The van der Waals surface area contributed by atoms with Crippen molar-refractivity contribution in [2.75, 3.05) is 13.2 Å². The SMILES string of the molecule is C=CC.CCO[Si](CC)(CC)OCC. The van der Waals surface area contributed by atoms with Crippen molar-refractivity contribution < 1.29 is 8.85 Å². The zero-order valence-electron chi connectivity index (χ0n) is 10.4. The predicted octanol–water partition coefficient (Wildman–Crippen LogP) is 3.73. The van der Waals surface area contributed by atoms with Crippen LogP contribution in [0.4, 0.5) is 0 Å². The molecule has 0 aliphatic rings. The molecule has 0 atom stereocenters. The summed E-state index contributed by atoms with van der Waals surface area (Å²) in [6, 6.07) is 2.12. The molecule has 3 heteroatoms. The van der Waals surface area contributed by atoms with Gasteiger partial charge in [-0.2, -0.15) is 0 Å². The fourth-order valence-corrected chi connectivity index (χ4v) is 3.68. The van der Waals surface area contributed by atoms with Crippen LogP contribution in [0.25, 0.3) is 0 Å². The summed E-state index contributed by atoms with van der Waals surface area (Å²) < 4.78 is 11.4. The Hall–Kier alpha value is -0.123. The quantitative estimate of drug-likeness (QED) is 0.499. The van der Waals surface area contributed by atoms with Gasteiger partial charge in [0.15, 0.2) is 0 Å². The van der Waals surface area contributed by atoms with E-state index in [4.69, 9.17) is 8.85 Å². The van der Waals surface area contributed by atoms with Gasteiger partial charge in [0, 0.05) is 13.2 Å². The lowest BCUT2D eigenvalue weighted by Crippen LogP contribution is -2.40. The molecule has 0 rings (SSSR count). The maximum Gasteiger partial charge on any atom is 0.337 e. The Balaban J connectivity index is 0. The first kappa shape index (κ1) is 16.3. The number of rotatable bonds is 6. The van der Waals surface area contributed by atoms with E-state index in [1.165, 1.54) is 0 Å². The monoisotopic (exact) mass is 218 g/mol. The molecule has 0 fully saturated rings. The molecule has 86 valence electrons. The summed E-state index contributed by atoms with van der Waals surface area (Å²) >= 11 is 0. The van der Waals surface area contributed by atoms with Crippen molar-refractivity contribution in [3.05, 3.63) is 12.7 Å². The van der Waals surface area contributed by atoms with Crippen LogP contribution in [-0.4, -0.2) is 21.8 Å². The molecule has 0 unspecified atom stereocenters. The molecule has 0 spiro atoms. The zero-order chi connectivity index (χ0) is 11.4.